The van der Waals surface area contributed by atoms with Gasteiger partial charge in [0.05, 0.1) is 24.5 Å². The summed E-state index contributed by atoms with van der Waals surface area (Å²) in [5.41, 5.74) is 0.540. The van der Waals surface area contributed by atoms with E-state index < -0.39 is 42.6 Å². The number of hydrogen-bond donors (Lipinski definition) is 3. The largest absolute Gasteiger partial charge is 0.442 e. The highest BCUT2D eigenvalue weighted by Crippen LogP contribution is 2.32. The minimum atomic E-state index is -0.738. The van der Waals surface area contributed by atoms with Crippen molar-refractivity contribution < 1.29 is 33.8 Å². The van der Waals surface area contributed by atoms with Crippen molar-refractivity contribution in [3.05, 3.63) is 24.0 Å². The third-order valence-corrected chi connectivity index (χ3v) is 4.66. The average Bonchev–Trinajstić information content (AvgIpc) is 3.00. The van der Waals surface area contributed by atoms with E-state index in [0.717, 1.165) is 0 Å². The molecule has 2 atom stereocenters. The zero-order valence-corrected chi connectivity index (χ0v) is 15.2. The van der Waals surface area contributed by atoms with Crippen molar-refractivity contribution in [2.45, 2.75) is 25.6 Å². The molecule has 1 unspecified atom stereocenters. The topological polar surface area (TPSA) is 123 Å². The van der Waals surface area contributed by atoms with Gasteiger partial charge >= 0.3 is 6.09 Å². The number of carbonyl (C=O) groups is 3. The van der Waals surface area contributed by atoms with Gasteiger partial charge < -0.3 is 20.1 Å². The van der Waals surface area contributed by atoms with E-state index in [0.29, 0.717) is 18.0 Å². The first-order valence-corrected chi connectivity index (χ1v) is 8.71. The molecule has 2 heterocycles. The van der Waals surface area contributed by atoms with Crippen LogP contribution in [0.5, 0.6) is 0 Å². The van der Waals surface area contributed by atoms with Crippen LogP contribution in [0.1, 0.15) is 13.3 Å². The van der Waals surface area contributed by atoms with E-state index in [-0.39, 0.29) is 24.5 Å². The molecule has 3 amide bonds. The lowest BCUT2D eigenvalue weighted by Gasteiger charge is -2.43. The Morgan fingerprint density at radius 2 is 2.18 bits per heavy atom. The Kier molecular flexibility index (Phi) is 5.66. The summed E-state index contributed by atoms with van der Waals surface area (Å²) in [5, 5.41) is 21.3. The first-order valence-electron chi connectivity index (χ1n) is 8.71. The Labute approximate surface area is 160 Å². The molecule has 152 valence electrons. The summed E-state index contributed by atoms with van der Waals surface area (Å²) in [5.74, 6) is -1.70. The maximum absolute atomic E-state index is 14.6. The van der Waals surface area contributed by atoms with Gasteiger partial charge in [-0.1, -0.05) is 0 Å². The van der Waals surface area contributed by atoms with Crippen LogP contribution in [-0.4, -0.2) is 71.8 Å². The summed E-state index contributed by atoms with van der Waals surface area (Å²) < 4.78 is 19.7. The zero-order valence-electron chi connectivity index (χ0n) is 15.2. The van der Waals surface area contributed by atoms with Gasteiger partial charge in [0, 0.05) is 19.9 Å². The van der Waals surface area contributed by atoms with E-state index in [1.54, 1.807) is 11.0 Å². The van der Waals surface area contributed by atoms with Gasteiger partial charge in [-0.15, -0.1) is 0 Å². The predicted molar refractivity (Wildman–Crippen MR) is 94.2 cm³/mol. The second-order valence-corrected chi connectivity index (χ2v) is 6.58. The Balaban J connectivity index is 1.68. The van der Waals surface area contributed by atoms with Crippen molar-refractivity contribution in [1.82, 2.24) is 10.4 Å². The molecule has 10 nitrogen and oxygen atoms in total. The smallest absolute Gasteiger partial charge is 0.414 e. The number of carbonyl (C=O) groups excluding carboxylic acids is 3. The number of nitrogens with zero attached hydrogens (tertiary/aromatic N) is 3. The molecule has 1 aromatic rings. The summed E-state index contributed by atoms with van der Waals surface area (Å²) in [6.45, 7) is 0.949. The molecule has 0 radical (unpaired) electrons. The average molecular weight is 396 g/mol. The molecule has 0 bridgehead atoms. The number of amides is 3. The summed E-state index contributed by atoms with van der Waals surface area (Å²) in [4.78, 5) is 37.3. The van der Waals surface area contributed by atoms with Gasteiger partial charge in [-0.25, -0.2) is 14.2 Å². The fourth-order valence-corrected chi connectivity index (χ4v) is 3.10. The second kappa shape index (κ2) is 7.98. The number of nitrogens with one attached hydrogen (secondary N) is 1. The van der Waals surface area contributed by atoms with Crippen LogP contribution in [0.15, 0.2) is 18.2 Å². The quantitative estimate of drug-likeness (QED) is 0.458. The van der Waals surface area contributed by atoms with Gasteiger partial charge in [-0.2, -0.15) is 0 Å². The predicted octanol–water partition coefficient (Wildman–Crippen LogP) is 0.0333. The number of aliphatic hydroxyl groups excluding tert-OH is 1. The molecule has 3 rings (SSSR count). The van der Waals surface area contributed by atoms with E-state index in [2.05, 4.69) is 5.32 Å². The minimum Gasteiger partial charge on any atom is -0.442 e. The standard InChI is InChI=1S/C17H21FN4O6/c1-10(24)22(27)8-12-7-21(17(26)28-12)11-2-3-14(13(18)6-11)20-5-4-15(20)19-16(25)9-23/h2-3,6,12,15,23,27H,4-5,7-9H2,1H3,(H,19,25)/t12-,15?/m0/s1. The molecular weight excluding hydrogens is 375 g/mol. The number of hydrogen-bond acceptors (Lipinski definition) is 7. The lowest BCUT2D eigenvalue weighted by Crippen LogP contribution is -2.58. The minimum absolute atomic E-state index is 0.0564. The van der Waals surface area contributed by atoms with Gasteiger partial charge in [-0.05, 0) is 18.2 Å². The molecule has 28 heavy (non-hydrogen) atoms. The van der Waals surface area contributed by atoms with Crippen LogP contribution in [0.3, 0.4) is 0 Å². The molecule has 0 spiro atoms. The lowest BCUT2D eigenvalue weighted by atomic mass is 10.1. The van der Waals surface area contributed by atoms with Crippen LogP contribution in [0.4, 0.5) is 20.6 Å². The number of hydroxylamine groups is 2. The van der Waals surface area contributed by atoms with Crippen molar-refractivity contribution in [3.63, 3.8) is 0 Å². The van der Waals surface area contributed by atoms with Gasteiger partial charge in [0.25, 0.3) is 0 Å². The Morgan fingerprint density at radius 1 is 1.43 bits per heavy atom. The van der Waals surface area contributed by atoms with Crippen LogP contribution >= 0.6 is 0 Å². The molecule has 2 aliphatic heterocycles. The third-order valence-electron chi connectivity index (χ3n) is 4.66. The van der Waals surface area contributed by atoms with Crippen molar-refractivity contribution >= 4 is 29.3 Å². The molecule has 2 fully saturated rings. The number of aliphatic hydroxyl groups is 1. The molecule has 2 aliphatic rings. The molecular formula is C17H21FN4O6. The van der Waals surface area contributed by atoms with E-state index in [4.69, 9.17) is 9.84 Å². The van der Waals surface area contributed by atoms with E-state index in [1.165, 1.54) is 24.0 Å². The third kappa shape index (κ3) is 3.99. The van der Waals surface area contributed by atoms with Crippen molar-refractivity contribution in [3.8, 4) is 0 Å². The fourth-order valence-electron chi connectivity index (χ4n) is 3.10. The number of cyclic esters (lactones) is 1. The maximum Gasteiger partial charge on any atom is 0.414 e. The summed E-state index contributed by atoms with van der Waals surface area (Å²) in [6.07, 6.45) is -1.21. The van der Waals surface area contributed by atoms with Crippen molar-refractivity contribution in [2.75, 3.05) is 36.0 Å². The van der Waals surface area contributed by atoms with Gasteiger partial charge in [-0.3, -0.25) is 19.7 Å². The SMILES string of the molecule is CC(=O)N(O)C[C@@H]1CN(c2ccc(N3CCC3NC(=O)CO)c(F)c2)C(=O)O1. The van der Waals surface area contributed by atoms with Crippen molar-refractivity contribution in [2.24, 2.45) is 0 Å². The number of anilines is 2. The Morgan fingerprint density at radius 3 is 2.75 bits per heavy atom. The first kappa shape index (κ1) is 19.8. The number of halogens is 1. The molecule has 3 N–H and O–H groups in total. The number of rotatable bonds is 6. The maximum atomic E-state index is 14.6. The van der Waals surface area contributed by atoms with E-state index in [9.17, 15) is 24.0 Å². The van der Waals surface area contributed by atoms with Crippen molar-refractivity contribution in [1.29, 1.82) is 0 Å². The van der Waals surface area contributed by atoms with Gasteiger partial charge in [0.1, 0.15) is 24.7 Å². The molecule has 0 saturated carbocycles. The van der Waals surface area contributed by atoms with E-state index in [1.807, 2.05) is 0 Å². The number of ether oxygens (including phenoxy) is 1. The van der Waals surface area contributed by atoms with Crippen LogP contribution in [0.2, 0.25) is 0 Å². The normalized spacial score (nSPS) is 21.2. The molecule has 11 heteroatoms. The van der Waals surface area contributed by atoms with Crippen LogP contribution in [-0.2, 0) is 14.3 Å². The van der Waals surface area contributed by atoms with Crippen LogP contribution in [0, 0.1) is 5.82 Å². The van der Waals surface area contributed by atoms with Gasteiger partial charge in [0.15, 0.2) is 0 Å². The first-order chi connectivity index (χ1) is 13.3. The molecule has 1 aromatic carbocycles. The highest BCUT2D eigenvalue weighted by Gasteiger charge is 2.35. The van der Waals surface area contributed by atoms with Crippen LogP contribution in [0.25, 0.3) is 0 Å². The Bertz CT molecular complexity index is 791. The van der Waals surface area contributed by atoms with Gasteiger partial charge in [0.2, 0.25) is 11.8 Å². The lowest BCUT2D eigenvalue weighted by molar-refractivity contribution is -0.166. The molecule has 0 aliphatic carbocycles. The monoisotopic (exact) mass is 396 g/mol. The summed E-state index contributed by atoms with van der Waals surface area (Å²) in [7, 11) is 0. The van der Waals surface area contributed by atoms with E-state index >= 15 is 0 Å². The zero-order chi connectivity index (χ0) is 20.4. The number of benzene rings is 1. The molecule has 0 aromatic heterocycles. The summed E-state index contributed by atoms with van der Waals surface area (Å²) in [6, 6.07) is 4.23. The Hall–Kier alpha value is -2.92. The highest BCUT2D eigenvalue weighted by molar-refractivity contribution is 5.90. The summed E-state index contributed by atoms with van der Waals surface area (Å²) >= 11 is 0. The molecule has 2 saturated heterocycles. The van der Waals surface area contributed by atoms with Crippen LogP contribution < -0.4 is 15.1 Å². The highest BCUT2D eigenvalue weighted by atomic mass is 19.1. The second-order valence-electron chi connectivity index (χ2n) is 6.58. The fraction of sp³-hybridized carbons (Fsp3) is 0.471.